The molecular formula is C14H11ClO3. The number of benzene rings is 2. The van der Waals surface area contributed by atoms with Crippen LogP contribution in [-0.2, 0) is 4.74 Å². The minimum Gasteiger partial charge on any atom is -0.457 e. The van der Waals surface area contributed by atoms with E-state index < -0.39 is 5.97 Å². The highest BCUT2D eigenvalue weighted by Crippen LogP contribution is 2.15. The Hall–Kier alpha value is -2.00. The summed E-state index contributed by atoms with van der Waals surface area (Å²) in [7, 11) is 0. The zero-order chi connectivity index (χ0) is 12.8. The number of rotatable bonds is 4. The second-order valence-electron chi connectivity index (χ2n) is 3.51. The van der Waals surface area contributed by atoms with E-state index in [0.717, 1.165) is 0 Å². The molecule has 2 rings (SSSR count). The highest BCUT2D eigenvalue weighted by Gasteiger charge is 2.05. The lowest BCUT2D eigenvalue weighted by Crippen LogP contribution is -2.10. The number of carbonyl (C=O) groups is 1. The summed E-state index contributed by atoms with van der Waals surface area (Å²) in [6.45, 7) is -0.130. The Morgan fingerprint density at radius 1 is 1.00 bits per heavy atom. The summed E-state index contributed by atoms with van der Waals surface area (Å²) < 4.78 is 10.2. The van der Waals surface area contributed by atoms with E-state index in [4.69, 9.17) is 21.1 Å². The molecule has 2 aromatic carbocycles. The Balaban J connectivity index is 1.82. The zero-order valence-corrected chi connectivity index (χ0v) is 10.3. The monoisotopic (exact) mass is 262 g/mol. The minimum absolute atomic E-state index is 0.130. The average Bonchev–Trinajstić information content (AvgIpc) is 2.42. The molecule has 0 saturated heterocycles. The molecule has 0 amide bonds. The molecule has 0 aliphatic carbocycles. The molecule has 92 valence electrons. The topological polar surface area (TPSA) is 35.5 Å². The van der Waals surface area contributed by atoms with Gasteiger partial charge in [-0.2, -0.15) is 0 Å². The largest absolute Gasteiger partial charge is 0.457 e. The van der Waals surface area contributed by atoms with Gasteiger partial charge in [0.25, 0.3) is 0 Å². The van der Waals surface area contributed by atoms with Crippen LogP contribution in [0.15, 0.2) is 54.6 Å². The first kappa shape index (κ1) is 12.5. The van der Waals surface area contributed by atoms with Gasteiger partial charge >= 0.3 is 5.97 Å². The molecule has 0 unspecified atom stereocenters. The van der Waals surface area contributed by atoms with Crippen LogP contribution in [0.5, 0.6) is 5.75 Å². The number of hydrogen-bond donors (Lipinski definition) is 0. The van der Waals surface area contributed by atoms with E-state index in [1.54, 1.807) is 48.5 Å². The van der Waals surface area contributed by atoms with Gasteiger partial charge in [-0.1, -0.05) is 29.8 Å². The van der Waals surface area contributed by atoms with Crippen LogP contribution >= 0.6 is 11.6 Å². The van der Waals surface area contributed by atoms with Crippen LogP contribution in [0.3, 0.4) is 0 Å². The van der Waals surface area contributed by atoms with Gasteiger partial charge in [0.05, 0.1) is 5.56 Å². The normalized spacial score (nSPS) is 9.83. The maximum absolute atomic E-state index is 11.6. The standard InChI is InChI=1S/C14H11ClO3/c15-12-6-8-13(9-7-12)17-10-18-14(16)11-4-2-1-3-5-11/h1-9H,10H2. The van der Waals surface area contributed by atoms with Gasteiger partial charge in [-0.25, -0.2) is 4.79 Å². The summed E-state index contributed by atoms with van der Waals surface area (Å²) in [5, 5.41) is 0.628. The first-order valence-corrected chi connectivity index (χ1v) is 5.74. The molecule has 18 heavy (non-hydrogen) atoms. The molecule has 0 N–H and O–H groups in total. The fraction of sp³-hybridized carbons (Fsp3) is 0.0714. The molecule has 3 nitrogen and oxygen atoms in total. The Kier molecular flexibility index (Phi) is 4.20. The molecule has 0 bridgehead atoms. The first-order valence-electron chi connectivity index (χ1n) is 5.36. The van der Waals surface area contributed by atoms with E-state index in [1.165, 1.54) is 0 Å². The van der Waals surface area contributed by atoms with Crippen molar-refractivity contribution in [3.8, 4) is 5.75 Å². The van der Waals surface area contributed by atoms with Gasteiger partial charge in [-0.05, 0) is 36.4 Å². The van der Waals surface area contributed by atoms with Gasteiger partial charge in [0.15, 0.2) is 0 Å². The van der Waals surface area contributed by atoms with Crippen molar-refractivity contribution in [3.63, 3.8) is 0 Å². The fourth-order valence-electron chi connectivity index (χ4n) is 1.34. The quantitative estimate of drug-likeness (QED) is 0.625. The lowest BCUT2D eigenvalue weighted by Gasteiger charge is -2.07. The summed E-state index contributed by atoms with van der Waals surface area (Å²) in [5.41, 5.74) is 0.497. The Bertz CT molecular complexity index is 508. The van der Waals surface area contributed by atoms with Crippen molar-refractivity contribution in [2.24, 2.45) is 0 Å². The third-order valence-corrected chi connectivity index (χ3v) is 2.49. The number of carbonyl (C=O) groups excluding carboxylic acids is 1. The molecule has 0 aromatic heterocycles. The molecule has 0 heterocycles. The SMILES string of the molecule is O=C(OCOc1ccc(Cl)cc1)c1ccccc1. The number of ether oxygens (including phenoxy) is 2. The van der Waals surface area contributed by atoms with Crippen molar-refractivity contribution in [2.75, 3.05) is 6.79 Å². The van der Waals surface area contributed by atoms with E-state index >= 15 is 0 Å². The highest BCUT2D eigenvalue weighted by molar-refractivity contribution is 6.30. The predicted molar refractivity (Wildman–Crippen MR) is 68.8 cm³/mol. The van der Waals surface area contributed by atoms with Gasteiger partial charge < -0.3 is 9.47 Å². The molecule has 0 aliphatic rings. The van der Waals surface area contributed by atoms with Crippen LogP contribution in [0, 0.1) is 0 Å². The number of hydrogen-bond acceptors (Lipinski definition) is 3. The summed E-state index contributed by atoms with van der Waals surface area (Å²) in [6, 6.07) is 15.6. The molecule has 0 fully saturated rings. The van der Waals surface area contributed by atoms with Crippen molar-refractivity contribution in [1.29, 1.82) is 0 Å². The Labute approximate surface area is 110 Å². The van der Waals surface area contributed by atoms with Gasteiger partial charge in [0.2, 0.25) is 6.79 Å². The minimum atomic E-state index is -0.412. The maximum Gasteiger partial charge on any atom is 0.340 e. The second kappa shape index (κ2) is 6.07. The Morgan fingerprint density at radius 3 is 2.33 bits per heavy atom. The first-order chi connectivity index (χ1) is 8.75. The molecule has 0 spiro atoms. The lowest BCUT2D eigenvalue weighted by molar-refractivity contribution is 0.0154. The van der Waals surface area contributed by atoms with Crippen molar-refractivity contribution in [1.82, 2.24) is 0 Å². The molecule has 2 aromatic rings. The highest BCUT2D eigenvalue weighted by atomic mass is 35.5. The van der Waals surface area contributed by atoms with Crippen molar-refractivity contribution < 1.29 is 14.3 Å². The van der Waals surface area contributed by atoms with Crippen LogP contribution < -0.4 is 4.74 Å². The summed E-state index contributed by atoms with van der Waals surface area (Å²) >= 11 is 5.74. The number of esters is 1. The van der Waals surface area contributed by atoms with Crippen LogP contribution in [0.1, 0.15) is 10.4 Å². The third kappa shape index (κ3) is 3.50. The van der Waals surface area contributed by atoms with Crippen LogP contribution in [0.25, 0.3) is 0 Å². The van der Waals surface area contributed by atoms with Gasteiger partial charge in [0, 0.05) is 5.02 Å². The van der Waals surface area contributed by atoms with Gasteiger partial charge in [0.1, 0.15) is 5.75 Å². The van der Waals surface area contributed by atoms with E-state index in [-0.39, 0.29) is 6.79 Å². The van der Waals surface area contributed by atoms with E-state index in [2.05, 4.69) is 0 Å². The van der Waals surface area contributed by atoms with Crippen LogP contribution in [-0.4, -0.2) is 12.8 Å². The van der Waals surface area contributed by atoms with Crippen molar-refractivity contribution in [2.45, 2.75) is 0 Å². The summed E-state index contributed by atoms with van der Waals surface area (Å²) in [4.78, 5) is 11.6. The molecular weight excluding hydrogens is 252 g/mol. The van der Waals surface area contributed by atoms with Crippen molar-refractivity contribution >= 4 is 17.6 Å². The lowest BCUT2D eigenvalue weighted by atomic mass is 10.2. The maximum atomic E-state index is 11.6. The smallest absolute Gasteiger partial charge is 0.340 e. The van der Waals surface area contributed by atoms with E-state index in [0.29, 0.717) is 16.3 Å². The summed E-state index contributed by atoms with van der Waals surface area (Å²) in [5.74, 6) is 0.185. The average molecular weight is 263 g/mol. The molecule has 0 saturated carbocycles. The van der Waals surface area contributed by atoms with Gasteiger partial charge in [-0.15, -0.1) is 0 Å². The number of halogens is 1. The molecule has 4 heteroatoms. The molecule has 0 radical (unpaired) electrons. The van der Waals surface area contributed by atoms with E-state index in [9.17, 15) is 4.79 Å². The van der Waals surface area contributed by atoms with E-state index in [1.807, 2.05) is 6.07 Å². The zero-order valence-electron chi connectivity index (χ0n) is 9.51. The third-order valence-electron chi connectivity index (χ3n) is 2.24. The van der Waals surface area contributed by atoms with Crippen LogP contribution in [0.4, 0.5) is 0 Å². The molecule has 0 atom stereocenters. The van der Waals surface area contributed by atoms with Crippen LogP contribution in [0.2, 0.25) is 5.02 Å². The summed E-state index contributed by atoms with van der Waals surface area (Å²) in [6.07, 6.45) is 0. The second-order valence-corrected chi connectivity index (χ2v) is 3.95. The predicted octanol–water partition coefficient (Wildman–Crippen LogP) is 3.53. The van der Waals surface area contributed by atoms with Gasteiger partial charge in [-0.3, -0.25) is 0 Å². The Morgan fingerprint density at radius 2 is 1.67 bits per heavy atom. The fourth-order valence-corrected chi connectivity index (χ4v) is 1.47. The molecule has 0 aliphatic heterocycles. The van der Waals surface area contributed by atoms with Crippen molar-refractivity contribution in [3.05, 3.63) is 65.2 Å².